The van der Waals surface area contributed by atoms with Crippen LogP contribution in [0.4, 0.5) is 5.69 Å². The SMILES string of the molecule is COC(=O)c1ccc(S(=O)(=O)N2CCCC2C(N)=O)c([N+](=O)[O-])c1. The predicted octanol–water partition coefficient (Wildman–Crippen LogP) is 0.0198. The quantitative estimate of drug-likeness (QED) is 0.443. The van der Waals surface area contributed by atoms with E-state index in [0.717, 1.165) is 29.6 Å². The Balaban J connectivity index is 2.56. The van der Waals surface area contributed by atoms with E-state index in [-0.39, 0.29) is 18.5 Å². The number of hydrogen-bond donors (Lipinski definition) is 1. The van der Waals surface area contributed by atoms with Crippen molar-refractivity contribution < 1.29 is 27.7 Å². The van der Waals surface area contributed by atoms with Crippen LogP contribution in [0.25, 0.3) is 0 Å². The van der Waals surface area contributed by atoms with Gasteiger partial charge in [-0.05, 0) is 25.0 Å². The van der Waals surface area contributed by atoms with Gasteiger partial charge < -0.3 is 10.5 Å². The van der Waals surface area contributed by atoms with Crippen LogP contribution in [0.1, 0.15) is 23.2 Å². The molecule has 0 radical (unpaired) electrons. The largest absolute Gasteiger partial charge is 0.465 e. The first kappa shape index (κ1) is 17.8. The molecule has 1 amide bonds. The summed E-state index contributed by atoms with van der Waals surface area (Å²) in [5.41, 5.74) is 4.28. The monoisotopic (exact) mass is 357 g/mol. The molecule has 1 aliphatic heterocycles. The number of methoxy groups -OCH3 is 1. The maximum absolute atomic E-state index is 12.7. The number of nitrogens with two attached hydrogens (primary N) is 1. The summed E-state index contributed by atoms with van der Waals surface area (Å²) in [7, 11) is -3.22. The molecule has 1 atom stereocenters. The molecule has 2 rings (SSSR count). The lowest BCUT2D eigenvalue weighted by Gasteiger charge is -2.21. The van der Waals surface area contributed by atoms with Crippen LogP contribution < -0.4 is 5.73 Å². The molecule has 130 valence electrons. The van der Waals surface area contributed by atoms with Crippen LogP contribution in [0.15, 0.2) is 23.1 Å². The molecule has 0 bridgehead atoms. The Hall–Kier alpha value is -2.53. The number of nitro groups is 1. The van der Waals surface area contributed by atoms with Gasteiger partial charge in [0.1, 0.15) is 6.04 Å². The lowest BCUT2D eigenvalue weighted by atomic mass is 10.2. The summed E-state index contributed by atoms with van der Waals surface area (Å²) in [6.45, 7) is 0.0336. The van der Waals surface area contributed by atoms with Gasteiger partial charge in [-0.2, -0.15) is 4.31 Å². The number of nitrogens with zero attached hydrogens (tertiary/aromatic N) is 2. The van der Waals surface area contributed by atoms with Gasteiger partial charge in [-0.25, -0.2) is 13.2 Å². The molecule has 2 N–H and O–H groups in total. The molecule has 11 heteroatoms. The Morgan fingerprint density at radius 2 is 2.08 bits per heavy atom. The summed E-state index contributed by atoms with van der Waals surface area (Å²) < 4.78 is 30.8. The second-order valence-corrected chi connectivity index (χ2v) is 6.97. The van der Waals surface area contributed by atoms with E-state index in [1.807, 2.05) is 0 Å². The summed E-state index contributed by atoms with van der Waals surface area (Å²) in [5, 5.41) is 11.2. The summed E-state index contributed by atoms with van der Waals surface area (Å²) >= 11 is 0. The molecule has 1 fully saturated rings. The van der Waals surface area contributed by atoms with Gasteiger partial charge in [0, 0.05) is 12.6 Å². The van der Waals surface area contributed by atoms with E-state index in [4.69, 9.17) is 5.73 Å². The first-order valence-electron chi connectivity index (χ1n) is 6.88. The normalized spacial score (nSPS) is 18.3. The number of benzene rings is 1. The smallest absolute Gasteiger partial charge is 0.338 e. The number of sulfonamides is 1. The fourth-order valence-corrected chi connectivity index (χ4v) is 4.37. The second-order valence-electron chi connectivity index (χ2n) is 5.11. The number of primary amides is 1. The van der Waals surface area contributed by atoms with Crippen molar-refractivity contribution in [3.63, 3.8) is 0 Å². The highest BCUT2D eigenvalue weighted by atomic mass is 32.2. The molecular formula is C13H15N3O7S. The van der Waals surface area contributed by atoms with Crippen molar-refractivity contribution in [2.45, 2.75) is 23.8 Å². The lowest BCUT2D eigenvalue weighted by Crippen LogP contribution is -2.43. The minimum atomic E-state index is -4.32. The second kappa shape index (κ2) is 6.53. The molecule has 0 saturated carbocycles. The van der Waals surface area contributed by atoms with E-state index in [0.29, 0.717) is 6.42 Å². The van der Waals surface area contributed by atoms with Gasteiger partial charge >= 0.3 is 5.97 Å². The maximum Gasteiger partial charge on any atom is 0.338 e. The summed E-state index contributed by atoms with van der Waals surface area (Å²) in [5.74, 6) is -1.65. The van der Waals surface area contributed by atoms with Crippen molar-refractivity contribution in [3.05, 3.63) is 33.9 Å². The Bertz CT molecular complexity index is 806. The fraction of sp³-hybridized carbons (Fsp3) is 0.385. The number of carbonyl (C=O) groups excluding carboxylic acids is 2. The third-order valence-corrected chi connectivity index (χ3v) is 5.65. The lowest BCUT2D eigenvalue weighted by molar-refractivity contribution is -0.387. The van der Waals surface area contributed by atoms with Crippen molar-refractivity contribution in [1.29, 1.82) is 0 Å². The topological polar surface area (TPSA) is 150 Å². The number of amides is 1. The molecule has 1 unspecified atom stereocenters. The van der Waals surface area contributed by atoms with E-state index in [1.54, 1.807) is 0 Å². The average molecular weight is 357 g/mol. The predicted molar refractivity (Wildman–Crippen MR) is 80.5 cm³/mol. The van der Waals surface area contributed by atoms with Crippen molar-refractivity contribution in [2.75, 3.05) is 13.7 Å². The Labute approximate surface area is 137 Å². The van der Waals surface area contributed by atoms with Gasteiger partial charge in [-0.1, -0.05) is 0 Å². The highest BCUT2D eigenvalue weighted by molar-refractivity contribution is 7.89. The van der Waals surface area contributed by atoms with Crippen LogP contribution in [0.2, 0.25) is 0 Å². The van der Waals surface area contributed by atoms with E-state index < -0.39 is 43.4 Å². The number of ether oxygens (including phenoxy) is 1. The first-order valence-corrected chi connectivity index (χ1v) is 8.32. The maximum atomic E-state index is 12.7. The van der Waals surface area contributed by atoms with Crippen molar-refractivity contribution in [3.8, 4) is 0 Å². The number of carbonyl (C=O) groups is 2. The average Bonchev–Trinajstić information content (AvgIpc) is 3.04. The van der Waals surface area contributed by atoms with Crippen molar-refractivity contribution in [2.24, 2.45) is 5.73 Å². The van der Waals surface area contributed by atoms with E-state index >= 15 is 0 Å². The Morgan fingerprint density at radius 1 is 1.42 bits per heavy atom. The van der Waals surface area contributed by atoms with Crippen LogP contribution in [-0.4, -0.2) is 49.2 Å². The number of rotatable bonds is 5. The van der Waals surface area contributed by atoms with Crippen LogP contribution >= 0.6 is 0 Å². The molecule has 1 saturated heterocycles. The molecule has 1 heterocycles. The minimum Gasteiger partial charge on any atom is -0.465 e. The minimum absolute atomic E-state index is 0.0336. The molecule has 0 aromatic heterocycles. The molecule has 0 aliphatic carbocycles. The van der Waals surface area contributed by atoms with Crippen molar-refractivity contribution in [1.82, 2.24) is 4.31 Å². The summed E-state index contributed by atoms with van der Waals surface area (Å²) in [4.78, 5) is 32.6. The molecule has 0 spiro atoms. The summed E-state index contributed by atoms with van der Waals surface area (Å²) in [6, 6.07) is 1.85. The standard InChI is InChI=1S/C13H15N3O7S/c1-23-13(18)8-4-5-11(10(7-8)16(19)20)24(21,22)15-6-2-3-9(15)12(14)17/h4-5,7,9H,2-3,6H2,1H3,(H2,14,17). The van der Waals surface area contributed by atoms with E-state index in [9.17, 15) is 28.1 Å². The highest BCUT2D eigenvalue weighted by Crippen LogP contribution is 2.32. The molecule has 1 aromatic carbocycles. The Morgan fingerprint density at radius 3 is 2.62 bits per heavy atom. The highest BCUT2D eigenvalue weighted by Gasteiger charge is 2.41. The summed E-state index contributed by atoms with van der Waals surface area (Å²) in [6.07, 6.45) is 0.670. The molecule has 1 aromatic rings. The Kier molecular flexibility index (Phi) is 4.85. The van der Waals surface area contributed by atoms with Gasteiger partial charge in [0.25, 0.3) is 15.7 Å². The van der Waals surface area contributed by atoms with Crippen LogP contribution in [0.3, 0.4) is 0 Å². The number of nitro benzene ring substituents is 1. The zero-order chi connectivity index (χ0) is 18.1. The molecular weight excluding hydrogens is 342 g/mol. The molecule has 24 heavy (non-hydrogen) atoms. The third-order valence-electron chi connectivity index (χ3n) is 3.70. The fourth-order valence-electron chi connectivity index (χ4n) is 2.56. The first-order chi connectivity index (χ1) is 11.2. The number of esters is 1. The van der Waals surface area contributed by atoms with Gasteiger partial charge in [0.2, 0.25) is 5.91 Å². The molecule has 1 aliphatic rings. The van der Waals surface area contributed by atoms with Crippen LogP contribution in [-0.2, 0) is 19.6 Å². The van der Waals surface area contributed by atoms with Gasteiger partial charge in [0.05, 0.1) is 17.6 Å². The zero-order valence-corrected chi connectivity index (χ0v) is 13.5. The van der Waals surface area contributed by atoms with Crippen molar-refractivity contribution >= 4 is 27.6 Å². The number of hydrogen-bond acceptors (Lipinski definition) is 7. The van der Waals surface area contributed by atoms with E-state index in [2.05, 4.69) is 4.74 Å². The van der Waals surface area contributed by atoms with E-state index in [1.165, 1.54) is 0 Å². The zero-order valence-electron chi connectivity index (χ0n) is 12.7. The van der Waals surface area contributed by atoms with Crippen LogP contribution in [0, 0.1) is 10.1 Å². The van der Waals surface area contributed by atoms with Gasteiger partial charge in [0.15, 0.2) is 4.90 Å². The van der Waals surface area contributed by atoms with Gasteiger partial charge in [-0.15, -0.1) is 0 Å². The van der Waals surface area contributed by atoms with Crippen LogP contribution in [0.5, 0.6) is 0 Å². The van der Waals surface area contributed by atoms with Gasteiger partial charge in [-0.3, -0.25) is 14.9 Å². The molecule has 10 nitrogen and oxygen atoms in total. The third kappa shape index (κ3) is 3.08.